The summed E-state index contributed by atoms with van der Waals surface area (Å²) in [6.45, 7) is 2.48. The number of carbonyl (C=O) groups excluding carboxylic acids is 1. The SMILES string of the molecule is [B][P+]([O-])(O[C@@H]1O[C@@H](C)[C@H](OCc2ccccc2)[C@@H](OCc2ccccc2)[C@H]1OCc1ccccc1)O[C@H]1[C@H](OCc2ccccc2)[C@@H](NC(=O)OCc2ccccc2)[C@@H](OC)O[C@@H]1COCc1ccccc1. The van der Waals surface area contributed by atoms with Crippen LogP contribution in [0, 0.1) is 0 Å². The highest BCUT2D eigenvalue weighted by molar-refractivity contribution is 7.84. The van der Waals surface area contributed by atoms with Crippen LogP contribution < -0.4 is 10.2 Å². The van der Waals surface area contributed by atoms with Gasteiger partial charge in [0.1, 0.15) is 43.2 Å². The van der Waals surface area contributed by atoms with Gasteiger partial charge in [-0.3, -0.25) is 0 Å². The number of ether oxygens (including phenoxy) is 9. The molecular formula is C56H61BNO13P. The van der Waals surface area contributed by atoms with Crippen LogP contribution in [0.25, 0.3) is 0 Å². The Hall–Kier alpha value is -5.36. The van der Waals surface area contributed by atoms with Gasteiger partial charge in [-0.15, -0.1) is 0 Å². The molecule has 1 N–H and O–H groups in total. The van der Waals surface area contributed by atoms with Crippen molar-refractivity contribution in [3.05, 3.63) is 215 Å². The molecule has 72 heavy (non-hydrogen) atoms. The van der Waals surface area contributed by atoms with Gasteiger partial charge < -0.3 is 52.8 Å². The van der Waals surface area contributed by atoms with E-state index >= 15 is 4.89 Å². The zero-order valence-electron chi connectivity index (χ0n) is 40.4. The van der Waals surface area contributed by atoms with Crippen molar-refractivity contribution < 1.29 is 61.4 Å². The molecular weight excluding hydrogens is 936 g/mol. The molecule has 1 unspecified atom stereocenters. The molecule has 1 amide bonds. The zero-order chi connectivity index (χ0) is 50.0. The summed E-state index contributed by atoms with van der Waals surface area (Å²) >= 11 is 0. The van der Waals surface area contributed by atoms with E-state index in [1.807, 2.05) is 189 Å². The normalized spacial score (nSPS) is 25.0. The summed E-state index contributed by atoms with van der Waals surface area (Å²) in [7, 11) is 3.42. The topological polar surface area (TPSA) is 154 Å². The van der Waals surface area contributed by atoms with Crippen LogP contribution in [-0.4, -0.2) is 88.7 Å². The van der Waals surface area contributed by atoms with Crippen molar-refractivity contribution in [3.63, 3.8) is 0 Å². The van der Waals surface area contributed by atoms with Crippen molar-refractivity contribution in [2.45, 2.75) is 108 Å². The first-order valence-electron chi connectivity index (χ1n) is 24.0. The molecule has 6 aromatic rings. The van der Waals surface area contributed by atoms with E-state index in [2.05, 4.69) is 5.32 Å². The maximum Gasteiger partial charge on any atom is 0.437 e. The lowest BCUT2D eigenvalue weighted by molar-refractivity contribution is -0.322. The Bertz CT molecular complexity index is 2470. The predicted molar refractivity (Wildman–Crippen MR) is 268 cm³/mol. The molecule has 16 heteroatoms. The number of carbonyl (C=O) groups is 1. The average Bonchev–Trinajstić information content (AvgIpc) is 3.41. The van der Waals surface area contributed by atoms with Crippen LogP contribution in [-0.2, 0) is 91.3 Å². The third-order valence-electron chi connectivity index (χ3n) is 12.2. The van der Waals surface area contributed by atoms with Crippen LogP contribution in [0.4, 0.5) is 4.79 Å². The summed E-state index contributed by atoms with van der Waals surface area (Å²) in [6.07, 6.45) is -10.2. The minimum absolute atomic E-state index is 0.0172. The largest absolute Gasteiger partial charge is 0.647 e. The van der Waals surface area contributed by atoms with Gasteiger partial charge in [-0.2, -0.15) is 4.52 Å². The Kier molecular flexibility index (Phi) is 19.9. The Morgan fingerprint density at radius 3 is 1.38 bits per heavy atom. The second kappa shape index (κ2) is 27.1. The molecule has 2 saturated heterocycles. The molecule has 0 aromatic heterocycles. The Morgan fingerprint density at radius 1 is 0.514 bits per heavy atom. The van der Waals surface area contributed by atoms with Crippen molar-refractivity contribution >= 4 is 21.5 Å². The molecule has 2 heterocycles. The van der Waals surface area contributed by atoms with Crippen LogP contribution in [0.3, 0.4) is 0 Å². The van der Waals surface area contributed by atoms with Gasteiger partial charge in [0.2, 0.25) is 6.29 Å². The highest BCUT2D eigenvalue weighted by atomic mass is 31.2. The summed E-state index contributed by atoms with van der Waals surface area (Å²) in [5.74, 6) is 0. The molecule has 0 aliphatic carbocycles. The van der Waals surface area contributed by atoms with Crippen LogP contribution >= 0.6 is 7.82 Å². The molecule has 2 fully saturated rings. The molecule has 11 atom stereocenters. The van der Waals surface area contributed by atoms with Gasteiger partial charge in [-0.1, -0.05) is 182 Å². The summed E-state index contributed by atoms with van der Waals surface area (Å²) in [4.78, 5) is 28.9. The van der Waals surface area contributed by atoms with Gasteiger partial charge in [0.05, 0.1) is 45.7 Å². The fourth-order valence-electron chi connectivity index (χ4n) is 8.55. The maximum absolute atomic E-state index is 15.2. The standard InChI is InChI=1S/C56H61BNO13P/c1-40-49(63-34-42-23-11-4-12-24-42)52(65-36-44-27-15-6-16-28-44)53(66-37-45-29-17-7-18-30-45)55(68-40)71-72(57,60)70-50-47(39-62-33-41-21-9-3-10-22-41)69-54(61-2)48(51(50)64-35-43-25-13-5-14-26-43)58-56(59)67-38-46-31-19-8-20-32-46/h3-32,40,47-55H,33-39H2,1-2H3,(H,58,59)/t40-,47+,48+,49-,50+,51+,52+,53+,54-,55-,72?/m0/s1. The van der Waals surface area contributed by atoms with Crippen LogP contribution in [0.15, 0.2) is 182 Å². The predicted octanol–water partition coefficient (Wildman–Crippen LogP) is 8.56. The zero-order valence-corrected chi connectivity index (χ0v) is 41.3. The number of alkyl carbamates (subject to hydrolysis) is 1. The van der Waals surface area contributed by atoms with Crippen molar-refractivity contribution in [2.75, 3.05) is 13.7 Å². The van der Waals surface area contributed by atoms with Gasteiger partial charge >= 0.3 is 13.7 Å². The number of amides is 1. The number of hydrogen-bond acceptors (Lipinski definition) is 13. The lowest BCUT2D eigenvalue weighted by Gasteiger charge is -2.48. The van der Waals surface area contributed by atoms with E-state index in [0.29, 0.717) is 0 Å². The smallest absolute Gasteiger partial charge is 0.437 e. The molecule has 6 aromatic carbocycles. The summed E-state index contributed by atoms with van der Waals surface area (Å²) in [5, 5.41) is 2.88. The van der Waals surface area contributed by atoms with E-state index in [0.717, 1.165) is 33.4 Å². The first kappa shape index (κ1) is 53.0. The summed E-state index contributed by atoms with van der Waals surface area (Å²) < 4.78 is 70.5. The molecule has 2 aliphatic heterocycles. The van der Waals surface area contributed by atoms with Gasteiger partial charge in [-0.05, 0) is 40.3 Å². The van der Waals surface area contributed by atoms with Gasteiger partial charge in [0.15, 0.2) is 20.2 Å². The lowest BCUT2D eigenvalue weighted by atomic mass is 9.96. The first-order chi connectivity index (χ1) is 35.2. The third-order valence-corrected chi connectivity index (χ3v) is 13.2. The Balaban J connectivity index is 1.10. The van der Waals surface area contributed by atoms with Crippen LogP contribution in [0.2, 0.25) is 0 Å². The molecule has 14 nitrogen and oxygen atoms in total. The third kappa shape index (κ3) is 15.6. The molecule has 376 valence electrons. The van der Waals surface area contributed by atoms with Crippen LogP contribution in [0.5, 0.6) is 0 Å². The number of methoxy groups -OCH3 is 1. The molecule has 0 spiro atoms. The van der Waals surface area contributed by atoms with E-state index in [1.54, 1.807) is 0 Å². The van der Waals surface area contributed by atoms with Crippen molar-refractivity contribution in [1.29, 1.82) is 0 Å². The van der Waals surface area contributed by atoms with Gasteiger partial charge in [0, 0.05) is 7.11 Å². The number of benzene rings is 6. The van der Waals surface area contributed by atoms with Crippen molar-refractivity contribution in [3.8, 4) is 0 Å². The van der Waals surface area contributed by atoms with E-state index in [9.17, 15) is 4.79 Å². The van der Waals surface area contributed by atoms with E-state index in [-0.39, 0.29) is 46.2 Å². The van der Waals surface area contributed by atoms with E-state index in [4.69, 9.17) is 59.2 Å². The fourth-order valence-corrected chi connectivity index (χ4v) is 9.65. The maximum atomic E-state index is 15.2. The lowest BCUT2D eigenvalue weighted by Crippen LogP contribution is -2.66. The molecule has 8 rings (SSSR count). The molecule has 0 bridgehead atoms. The summed E-state index contributed by atoms with van der Waals surface area (Å²) in [6, 6.07) is 56.2. The number of nitrogens with one attached hydrogen (secondary N) is 1. The second-order valence-corrected chi connectivity index (χ2v) is 19.0. The highest BCUT2D eigenvalue weighted by Crippen LogP contribution is 2.53. The second-order valence-electron chi connectivity index (χ2n) is 17.5. The number of rotatable bonds is 24. The molecule has 0 saturated carbocycles. The number of hydrogen-bond donors (Lipinski definition) is 1. The van der Waals surface area contributed by atoms with Crippen molar-refractivity contribution in [1.82, 2.24) is 5.32 Å². The molecule has 2 aliphatic rings. The van der Waals surface area contributed by atoms with E-state index < -0.39 is 75.3 Å². The summed E-state index contributed by atoms with van der Waals surface area (Å²) in [5.41, 5.74) is 5.19. The Labute approximate surface area is 423 Å². The quantitative estimate of drug-likeness (QED) is 0.0456. The van der Waals surface area contributed by atoms with Crippen LogP contribution in [0.1, 0.15) is 40.3 Å². The average molecular weight is 998 g/mol. The van der Waals surface area contributed by atoms with Gasteiger partial charge in [-0.25, -0.2) is 9.32 Å². The van der Waals surface area contributed by atoms with Gasteiger partial charge in [0.25, 0.3) is 0 Å². The minimum Gasteiger partial charge on any atom is -0.647 e. The van der Waals surface area contributed by atoms with E-state index in [1.165, 1.54) is 7.11 Å². The highest BCUT2D eigenvalue weighted by Gasteiger charge is 2.55. The minimum atomic E-state index is -4.78. The van der Waals surface area contributed by atoms with Crippen molar-refractivity contribution in [2.24, 2.45) is 0 Å². The fraction of sp³-hybridized carbons (Fsp3) is 0.339. The first-order valence-corrected chi connectivity index (χ1v) is 25.6. The monoisotopic (exact) mass is 997 g/mol. The Morgan fingerprint density at radius 2 is 0.917 bits per heavy atom. The molecule has 2 radical (unpaired) electrons.